The summed E-state index contributed by atoms with van der Waals surface area (Å²) in [6, 6.07) is 66.0. The van der Waals surface area contributed by atoms with Gasteiger partial charge in [-0.3, -0.25) is 0 Å². The van der Waals surface area contributed by atoms with Crippen molar-refractivity contribution in [2.45, 2.75) is 51.4 Å². The van der Waals surface area contributed by atoms with Gasteiger partial charge in [-0.05, 0) is 135 Å². The van der Waals surface area contributed by atoms with Crippen LogP contribution < -0.4 is 9.80 Å². The van der Waals surface area contributed by atoms with E-state index in [4.69, 9.17) is 0 Å². The molecule has 3 aliphatic rings. The summed E-state index contributed by atoms with van der Waals surface area (Å²) in [5, 5.41) is 7.56. The second-order valence-corrected chi connectivity index (χ2v) is 20.6. The van der Waals surface area contributed by atoms with Crippen LogP contribution in [0.3, 0.4) is 0 Å². The number of hydrogen-bond acceptors (Lipinski definition) is 2. The molecule has 0 amide bonds. The van der Waals surface area contributed by atoms with E-state index in [1.54, 1.807) is 0 Å². The molecular weight excluding hydrogens is 837 g/mol. The Bertz CT molecular complexity index is 4040. The standard InChI is InChI=1S/C65H52N4/c1-64(2)54-26-16-14-22-46(54)48-32-28-42(36-56(48)64)68(40-18-8-6-9-19-40)44-30-34-52-58(38-44)66-62-60(52)50-24-12-13-25-51(50)61-53-35-31-45(39-59(53)67(5)63(61)62)69(41-20-10-7-11-21-41)43-29-33-49-47-23-15-17-27-55(47)65(3,4)57(49)37-43/h6-10,12-20,22-39,66H,11,21H2,1-5H3. The van der Waals surface area contributed by atoms with E-state index in [-0.39, 0.29) is 10.8 Å². The molecule has 0 unspecified atom stereocenters. The van der Waals surface area contributed by atoms with Crippen LogP contribution in [0.2, 0.25) is 0 Å². The number of hydrogen-bond donors (Lipinski definition) is 1. The maximum Gasteiger partial charge on any atom is 0.0740 e. The summed E-state index contributed by atoms with van der Waals surface area (Å²) in [6.45, 7) is 9.47. The van der Waals surface area contributed by atoms with Crippen LogP contribution in [0.4, 0.5) is 28.4 Å². The van der Waals surface area contributed by atoms with Crippen molar-refractivity contribution in [3.63, 3.8) is 0 Å². The van der Waals surface area contributed by atoms with Crippen molar-refractivity contribution in [2.75, 3.05) is 9.80 Å². The van der Waals surface area contributed by atoms with E-state index in [0.29, 0.717) is 0 Å². The number of H-pyrrole nitrogens is 1. The highest BCUT2D eigenvalue weighted by atomic mass is 15.2. The van der Waals surface area contributed by atoms with Crippen molar-refractivity contribution in [3.8, 4) is 22.3 Å². The molecule has 69 heavy (non-hydrogen) atoms. The number of fused-ring (bicyclic) bond motifs is 16. The highest BCUT2D eigenvalue weighted by Gasteiger charge is 2.37. The van der Waals surface area contributed by atoms with Crippen LogP contribution in [-0.4, -0.2) is 9.55 Å². The molecular formula is C65H52N4. The van der Waals surface area contributed by atoms with Crippen molar-refractivity contribution in [1.82, 2.24) is 9.55 Å². The smallest absolute Gasteiger partial charge is 0.0740 e. The predicted octanol–water partition coefficient (Wildman–Crippen LogP) is 17.6. The maximum absolute atomic E-state index is 4.06. The quantitative estimate of drug-likeness (QED) is 0.180. The third-order valence-corrected chi connectivity index (χ3v) is 16.1. The molecule has 2 heterocycles. The molecule has 0 fully saturated rings. The molecule has 4 heteroatoms. The van der Waals surface area contributed by atoms with Crippen molar-refractivity contribution < 1.29 is 0 Å². The Morgan fingerprint density at radius 3 is 1.65 bits per heavy atom. The summed E-state index contributed by atoms with van der Waals surface area (Å²) in [7, 11) is 2.26. The highest BCUT2D eigenvalue weighted by Crippen LogP contribution is 2.53. The summed E-state index contributed by atoms with van der Waals surface area (Å²) in [5.41, 5.74) is 22.5. The molecule has 1 N–H and O–H groups in total. The van der Waals surface area contributed by atoms with Gasteiger partial charge in [-0.1, -0.05) is 155 Å². The SMILES string of the molecule is Cn1c2cc(N(C3=CC=CCC3)c3ccc4c(c3)C(C)(C)c3ccccc3-4)ccc2c2c3ccccc3c3c4ccc(N(c5ccccc5)c5ccc6c(c5)C(C)(C)c5ccccc5-6)cc4[nH]c3c21. The molecule has 3 aliphatic carbocycles. The average molecular weight is 889 g/mol. The first-order valence-electron chi connectivity index (χ1n) is 24.5. The molecule has 0 saturated carbocycles. The third-order valence-electron chi connectivity index (χ3n) is 16.1. The van der Waals surface area contributed by atoms with Crippen LogP contribution in [0.5, 0.6) is 0 Å². The zero-order valence-electron chi connectivity index (χ0n) is 39.7. The Morgan fingerprint density at radius 1 is 0.464 bits per heavy atom. The van der Waals surface area contributed by atoms with Gasteiger partial charge in [0.05, 0.1) is 16.6 Å². The van der Waals surface area contributed by atoms with Gasteiger partial charge in [-0.15, -0.1) is 0 Å². The Balaban J connectivity index is 0.945. The van der Waals surface area contributed by atoms with Crippen LogP contribution in [0.1, 0.15) is 62.8 Å². The number of aromatic amines is 1. The van der Waals surface area contributed by atoms with Gasteiger partial charge in [-0.25, -0.2) is 0 Å². The van der Waals surface area contributed by atoms with E-state index in [1.807, 2.05) is 0 Å². The normalized spacial score (nSPS) is 15.2. The first-order chi connectivity index (χ1) is 33.7. The number of nitrogens with zero attached hydrogens (tertiary/aromatic N) is 3. The van der Waals surface area contributed by atoms with E-state index < -0.39 is 0 Å². The number of para-hydroxylation sites is 1. The van der Waals surface area contributed by atoms with E-state index in [9.17, 15) is 0 Å². The summed E-state index contributed by atoms with van der Waals surface area (Å²) >= 11 is 0. The van der Waals surface area contributed by atoms with Gasteiger partial charge >= 0.3 is 0 Å². The summed E-state index contributed by atoms with van der Waals surface area (Å²) < 4.78 is 2.44. The molecule has 14 rings (SSSR count). The lowest BCUT2D eigenvalue weighted by molar-refractivity contribution is 0.660. The number of benzene rings is 9. The zero-order valence-corrected chi connectivity index (χ0v) is 39.7. The second kappa shape index (κ2) is 14.5. The Kier molecular flexibility index (Phi) is 8.39. The number of allylic oxidation sites excluding steroid dienone is 4. The molecule has 0 bridgehead atoms. The third kappa shape index (κ3) is 5.63. The van der Waals surface area contributed by atoms with Gasteiger partial charge in [-0.2, -0.15) is 0 Å². The van der Waals surface area contributed by atoms with Gasteiger partial charge < -0.3 is 19.4 Å². The van der Waals surface area contributed by atoms with Crippen LogP contribution in [0, 0.1) is 0 Å². The fourth-order valence-electron chi connectivity index (χ4n) is 12.8. The lowest BCUT2D eigenvalue weighted by Gasteiger charge is -2.30. The molecule has 0 radical (unpaired) electrons. The fourth-order valence-corrected chi connectivity index (χ4v) is 12.8. The number of aryl methyl sites for hydroxylation is 1. The first kappa shape index (κ1) is 40.0. The van der Waals surface area contributed by atoms with Gasteiger partial charge in [0.25, 0.3) is 0 Å². The van der Waals surface area contributed by atoms with Crippen LogP contribution in [0.15, 0.2) is 200 Å². The molecule has 0 spiro atoms. The van der Waals surface area contributed by atoms with Gasteiger partial charge in [0.1, 0.15) is 0 Å². The summed E-state index contributed by atoms with van der Waals surface area (Å²) in [5.74, 6) is 0. The number of rotatable bonds is 6. The molecule has 9 aromatic carbocycles. The first-order valence-corrected chi connectivity index (χ1v) is 24.5. The summed E-state index contributed by atoms with van der Waals surface area (Å²) in [4.78, 5) is 8.99. The molecule has 332 valence electrons. The summed E-state index contributed by atoms with van der Waals surface area (Å²) in [6.07, 6.45) is 8.82. The van der Waals surface area contributed by atoms with Crippen molar-refractivity contribution in [3.05, 3.63) is 222 Å². The van der Waals surface area contributed by atoms with Gasteiger partial charge in [0.15, 0.2) is 0 Å². The Morgan fingerprint density at radius 2 is 1.00 bits per heavy atom. The van der Waals surface area contributed by atoms with E-state index >= 15 is 0 Å². The molecule has 4 nitrogen and oxygen atoms in total. The second-order valence-electron chi connectivity index (χ2n) is 20.6. The lowest BCUT2D eigenvalue weighted by atomic mass is 9.82. The number of nitrogens with one attached hydrogen (secondary N) is 1. The molecule has 0 saturated heterocycles. The molecule has 0 aliphatic heterocycles. The highest BCUT2D eigenvalue weighted by molar-refractivity contribution is 6.35. The Hall–Kier alpha value is -8.08. The minimum absolute atomic E-state index is 0.0904. The zero-order chi connectivity index (χ0) is 46.3. The topological polar surface area (TPSA) is 27.2 Å². The number of anilines is 5. The van der Waals surface area contributed by atoms with Crippen LogP contribution in [0.25, 0.3) is 76.6 Å². The largest absolute Gasteiger partial charge is 0.353 e. The number of aromatic nitrogens is 2. The lowest BCUT2D eigenvalue weighted by Crippen LogP contribution is -2.19. The van der Waals surface area contributed by atoms with Crippen molar-refractivity contribution in [1.29, 1.82) is 0 Å². The van der Waals surface area contributed by atoms with E-state index in [1.165, 1.54) is 105 Å². The van der Waals surface area contributed by atoms with E-state index in [2.05, 4.69) is 248 Å². The van der Waals surface area contributed by atoms with Crippen molar-refractivity contribution >= 4 is 82.8 Å². The monoisotopic (exact) mass is 888 g/mol. The fraction of sp³-hybridized carbons (Fsp3) is 0.138. The molecule has 2 aromatic heterocycles. The van der Waals surface area contributed by atoms with Gasteiger partial charge in [0.2, 0.25) is 0 Å². The predicted molar refractivity (Wildman–Crippen MR) is 292 cm³/mol. The maximum atomic E-state index is 4.06. The minimum Gasteiger partial charge on any atom is -0.353 e. The molecule has 11 aromatic rings. The van der Waals surface area contributed by atoms with Crippen LogP contribution >= 0.6 is 0 Å². The van der Waals surface area contributed by atoms with E-state index in [0.717, 1.165) is 40.9 Å². The van der Waals surface area contributed by atoms with Crippen molar-refractivity contribution in [2.24, 2.45) is 7.05 Å². The minimum atomic E-state index is -0.105. The Labute approximate surface area is 403 Å². The van der Waals surface area contributed by atoms with Gasteiger partial charge in [0, 0.05) is 79.1 Å². The average Bonchev–Trinajstić information content (AvgIpc) is 4.05. The van der Waals surface area contributed by atoms with Crippen LogP contribution in [-0.2, 0) is 17.9 Å². The molecule has 0 atom stereocenters.